The van der Waals surface area contributed by atoms with Gasteiger partial charge in [-0.1, -0.05) is 18.6 Å². The van der Waals surface area contributed by atoms with Gasteiger partial charge >= 0.3 is 0 Å². The maximum Gasteiger partial charge on any atom is 0.00378 e. The molecule has 5 heavy (non-hydrogen) atoms. The lowest BCUT2D eigenvalue weighted by molar-refractivity contribution is 1.04. The third kappa shape index (κ3) is 4.66. The standard InChI is InChI=1S/C2H7NS2/c1-2-3-5-4/h3-4H,2H2,1H3. The molecule has 0 aliphatic carbocycles. The van der Waals surface area contributed by atoms with Gasteiger partial charge in [-0.25, -0.2) is 0 Å². The first kappa shape index (κ1) is 5.66. The van der Waals surface area contributed by atoms with Crippen molar-refractivity contribution in [3.8, 4) is 0 Å². The second-order valence-electron chi connectivity index (χ2n) is 0.589. The highest BCUT2D eigenvalue weighted by molar-refractivity contribution is 8.67. The highest BCUT2D eigenvalue weighted by Crippen LogP contribution is 1.93. The molecule has 0 aromatic heterocycles. The Bertz CT molecular complexity index is 15.1. The fraction of sp³-hybridized carbons (Fsp3) is 1.00. The second-order valence-corrected chi connectivity index (χ2v) is 1.61. The zero-order chi connectivity index (χ0) is 4.12. The van der Waals surface area contributed by atoms with E-state index in [0.29, 0.717) is 0 Å². The van der Waals surface area contributed by atoms with Crippen LogP contribution < -0.4 is 4.72 Å². The third-order valence-electron chi connectivity index (χ3n) is 0.209. The minimum absolute atomic E-state index is 0.980. The third-order valence-corrected chi connectivity index (χ3v) is 1.01. The fourth-order valence-corrected chi connectivity index (χ4v) is 0.581. The van der Waals surface area contributed by atoms with E-state index in [9.17, 15) is 0 Å². The molecule has 0 atom stereocenters. The molecule has 0 heterocycles. The molecule has 0 radical (unpaired) electrons. The van der Waals surface area contributed by atoms with Crippen LogP contribution >= 0.6 is 22.6 Å². The Labute approximate surface area is 41.5 Å². The van der Waals surface area contributed by atoms with Crippen molar-refractivity contribution in [1.29, 1.82) is 0 Å². The molecule has 0 aliphatic rings. The van der Waals surface area contributed by atoms with E-state index in [0.717, 1.165) is 6.54 Å². The van der Waals surface area contributed by atoms with Crippen molar-refractivity contribution in [3.05, 3.63) is 0 Å². The van der Waals surface area contributed by atoms with Gasteiger partial charge in [-0.05, 0) is 11.0 Å². The van der Waals surface area contributed by atoms with Crippen LogP contribution in [-0.2, 0) is 0 Å². The van der Waals surface area contributed by atoms with Crippen LogP contribution in [0.1, 0.15) is 6.92 Å². The first-order valence-electron chi connectivity index (χ1n) is 1.45. The molecule has 1 N–H and O–H groups in total. The average molecular weight is 109 g/mol. The zero-order valence-electron chi connectivity index (χ0n) is 3.06. The van der Waals surface area contributed by atoms with Gasteiger partial charge in [0.05, 0.1) is 0 Å². The highest BCUT2D eigenvalue weighted by Gasteiger charge is 1.64. The zero-order valence-corrected chi connectivity index (χ0v) is 4.77. The summed E-state index contributed by atoms with van der Waals surface area (Å²) < 4.78 is 2.89. The Kier molecular flexibility index (Phi) is 5.28. The monoisotopic (exact) mass is 109 g/mol. The topological polar surface area (TPSA) is 12.0 Å². The van der Waals surface area contributed by atoms with Crippen LogP contribution in [0.25, 0.3) is 0 Å². The van der Waals surface area contributed by atoms with Crippen molar-refractivity contribution in [2.75, 3.05) is 6.54 Å². The van der Waals surface area contributed by atoms with E-state index < -0.39 is 0 Å². The Hall–Kier alpha value is 0.660. The number of nitrogens with one attached hydrogen (secondary N) is 1. The van der Waals surface area contributed by atoms with Crippen molar-refractivity contribution < 1.29 is 0 Å². The van der Waals surface area contributed by atoms with E-state index in [1.165, 1.54) is 11.0 Å². The lowest BCUT2D eigenvalue weighted by Crippen LogP contribution is -1.95. The number of thiol groups is 1. The summed E-state index contributed by atoms with van der Waals surface area (Å²) in [4.78, 5) is 0. The molecular weight excluding hydrogens is 102 g/mol. The first-order chi connectivity index (χ1) is 2.41. The summed E-state index contributed by atoms with van der Waals surface area (Å²) in [5, 5.41) is 0. The maximum absolute atomic E-state index is 3.81. The van der Waals surface area contributed by atoms with Crippen molar-refractivity contribution in [2.24, 2.45) is 0 Å². The fourth-order valence-electron chi connectivity index (χ4n) is 0.0645. The number of rotatable bonds is 2. The van der Waals surface area contributed by atoms with Crippen molar-refractivity contribution in [1.82, 2.24) is 4.72 Å². The Morgan fingerprint density at radius 2 is 2.60 bits per heavy atom. The summed E-state index contributed by atoms with van der Waals surface area (Å²) in [6.07, 6.45) is 0. The molecular formula is C2H7NS2. The molecule has 0 aliphatic heterocycles. The van der Waals surface area contributed by atoms with E-state index >= 15 is 0 Å². The van der Waals surface area contributed by atoms with Gasteiger partial charge in [0, 0.05) is 6.54 Å². The Morgan fingerprint density at radius 3 is 2.60 bits per heavy atom. The summed E-state index contributed by atoms with van der Waals surface area (Å²) >= 11 is 3.81. The van der Waals surface area contributed by atoms with Gasteiger partial charge < -0.3 is 0 Å². The number of hydrogen-bond acceptors (Lipinski definition) is 3. The van der Waals surface area contributed by atoms with Crippen molar-refractivity contribution in [2.45, 2.75) is 6.92 Å². The van der Waals surface area contributed by atoms with E-state index in [-0.39, 0.29) is 0 Å². The minimum atomic E-state index is 0.980. The van der Waals surface area contributed by atoms with Gasteiger partial charge in [-0.15, -0.1) is 0 Å². The smallest absolute Gasteiger partial charge is 0.00378 e. The molecule has 0 spiro atoms. The quantitative estimate of drug-likeness (QED) is 0.313. The van der Waals surface area contributed by atoms with Crippen LogP contribution in [0.3, 0.4) is 0 Å². The molecule has 3 heteroatoms. The summed E-state index contributed by atoms with van der Waals surface area (Å²) in [6, 6.07) is 0. The molecule has 0 bridgehead atoms. The van der Waals surface area contributed by atoms with Gasteiger partial charge in [0.15, 0.2) is 0 Å². The highest BCUT2D eigenvalue weighted by atomic mass is 33.1. The van der Waals surface area contributed by atoms with Gasteiger partial charge in [0.25, 0.3) is 0 Å². The summed E-state index contributed by atoms with van der Waals surface area (Å²) in [7, 11) is 1.35. The number of hydrogen-bond donors (Lipinski definition) is 2. The molecule has 0 saturated carbocycles. The van der Waals surface area contributed by atoms with Gasteiger partial charge in [-0.3, -0.25) is 4.72 Å². The molecule has 0 amide bonds. The predicted molar refractivity (Wildman–Crippen MR) is 30.3 cm³/mol. The largest absolute Gasteiger partial charge is 0.255 e. The van der Waals surface area contributed by atoms with Crippen molar-refractivity contribution >= 4 is 22.6 Å². The van der Waals surface area contributed by atoms with Crippen LogP contribution in [0.15, 0.2) is 0 Å². The lowest BCUT2D eigenvalue weighted by atomic mass is 10.8. The molecule has 32 valence electrons. The molecule has 0 aromatic rings. The second kappa shape index (κ2) is 4.66. The van der Waals surface area contributed by atoms with Gasteiger partial charge in [-0.2, -0.15) is 0 Å². The van der Waals surface area contributed by atoms with Crippen LogP contribution in [0, 0.1) is 0 Å². The van der Waals surface area contributed by atoms with Crippen LogP contribution in [0.2, 0.25) is 0 Å². The molecule has 1 nitrogen and oxygen atoms in total. The van der Waals surface area contributed by atoms with Crippen molar-refractivity contribution in [3.63, 3.8) is 0 Å². The molecule has 0 fully saturated rings. The molecule has 0 unspecified atom stereocenters. The average Bonchev–Trinajstić information content (AvgIpc) is 1.41. The van der Waals surface area contributed by atoms with Crippen LogP contribution in [0.5, 0.6) is 0 Å². The Morgan fingerprint density at radius 1 is 2.00 bits per heavy atom. The van der Waals surface area contributed by atoms with Crippen LogP contribution in [-0.4, -0.2) is 6.54 Å². The molecule has 0 aromatic carbocycles. The van der Waals surface area contributed by atoms with E-state index in [1.54, 1.807) is 0 Å². The Balaban J connectivity index is 2.19. The van der Waals surface area contributed by atoms with Gasteiger partial charge in [0.2, 0.25) is 0 Å². The summed E-state index contributed by atoms with van der Waals surface area (Å²) in [5.41, 5.74) is 0. The predicted octanol–water partition coefficient (Wildman–Crippen LogP) is 1.09. The van der Waals surface area contributed by atoms with Gasteiger partial charge in [0.1, 0.15) is 0 Å². The minimum Gasteiger partial charge on any atom is -0.255 e. The van der Waals surface area contributed by atoms with E-state index in [2.05, 4.69) is 16.4 Å². The normalized spacial score (nSPS) is 8.40. The van der Waals surface area contributed by atoms with Crippen LogP contribution in [0.4, 0.5) is 0 Å². The molecule has 0 saturated heterocycles. The first-order valence-corrected chi connectivity index (χ1v) is 3.32. The maximum atomic E-state index is 3.81. The van der Waals surface area contributed by atoms with E-state index in [1.807, 2.05) is 6.92 Å². The lowest BCUT2D eigenvalue weighted by Gasteiger charge is -1.84. The summed E-state index contributed by atoms with van der Waals surface area (Å²) in [5.74, 6) is 0. The van der Waals surface area contributed by atoms with E-state index in [4.69, 9.17) is 0 Å². The summed E-state index contributed by atoms with van der Waals surface area (Å²) in [6.45, 7) is 3.01. The molecule has 0 rings (SSSR count). The SMILES string of the molecule is CCNSS.